The third-order valence-corrected chi connectivity index (χ3v) is 2.68. The van der Waals surface area contributed by atoms with Gasteiger partial charge in [-0.05, 0) is 19.1 Å². The number of nitrogens with two attached hydrogens (primary N) is 1. The van der Waals surface area contributed by atoms with Crippen LogP contribution < -0.4 is 5.73 Å². The third-order valence-electron chi connectivity index (χ3n) is 2.68. The molecule has 2 atom stereocenters. The molecule has 76 valence electrons. The summed E-state index contributed by atoms with van der Waals surface area (Å²) in [4.78, 5) is 13.0. The lowest BCUT2D eigenvalue weighted by Gasteiger charge is -2.20. The van der Waals surface area contributed by atoms with Gasteiger partial charge in [0.15, 0.2) is 0 Å². The van der Waals surface area contributed by atoms with Crippen LogP contribution in [0, 0.1) is 6.92 Å². The second-order valence-corrected chi connectivity index (χ2v) is 3.77. The van der Waals surface area contributed by atoms with Crippen molar-refractivity contribution < 1.29 is 9.21 Å². The van der Waals surface area contributed by atoms with Crippen molar-refractivity contribution >= 4 is 5.91 Å². The Labute approximate surface area is 82.7 Å². The lowest BCUT2D eigenvalue weighted by Crippen LogP contribution is -2.29. The fourth-order valence-electron chi connectivity index (χ4n) is 1.91. The molecular formula is C10H14N2O2. The number of nitrogens with zero attached hydrogens (tertiary/aromatic N) is 1. The first-order chi connectivity index (χ1) is 6.59. The van der Waals surface area contributed by atoms with Crippen molar-refractivity contribution in [2.24, 2.45) is 5.73 Å². The van der Waals surface area contributed by atoms with Gasteiger partial charge in [-0.25, -0.2) is 0 Å². The van der Waals surface area contributed by atoms with E-state index in [1.165, 1.54) is 0 Å². The Morgan fingerprint density at radius 3 is 2.71 bits per heavy atom. The van der Waals surface area contributed by atoms with E-state index in [9.17, 15) is 4.79 Å². The normalized spacial score (nSPS) is 27.4. The Bertz CT molecular complexity index is 359. The number of amides is 1. The van der Waals surface area contributed by atoms with E-state index < -0.39 is 0 Å². The van der Waals surface area contributed by atoms with Gasteiger partial charge in [-0.2, -0.15) is 0 Å². The fraction of sp³-hybridized carbons (Fsp3) is 0.500. The molecule has 2 rings (SSSR count). The summed E-state index contributed by atoms with van der Waals surface area (Å²) in [5, 5.41) is 0. The second kappa shape index (κ2) is 3.13. The summed E-state index contributed by atoms with van der Waals surface area (Å²) in [6.07, 6.45) is 0.404. The molecule has 0 unspecified atom stereocenters. The van der Waals surface area contributed by atoms with Gasteiger partial charge in [0.05, 0.1) is 0 Å². The minimum absolute atomic E-state index is 0.0801. The first-order valence-electron chi connectivity index (χ1n) is 4.67. The van der Waals surface area contributed by atoms with E-state index >= 15 is 0 Å². The van der Waals surface area contributed by atoms with Crippen LogP contribution in [-0.2, 0) is 4.79 Å². The molecule has 1 amide bonds. The Kier molecular flexibility index (Phi) is 2.07. The molecule has 0 radical (unpaired) electrons. The van der Waals surface area contributed by atoms with E-state index in [1.54, 1.807) is 11.9 Å². The number of rotatable bonds is 1. The van der Waals surface area contributed by atoms with Gasteiger partial charge in [0, 0.05) is 19.5 Å². The van der Waals surface area contributed by atoms with Gasteiger partial charge in [-0.3, -0.25) is 4.79 Å². The van der Waals surface area contributed by atoms with Crippen LogP contribution in [0.15, 0.2) is 16.5 Å². The Morgan fingerprint density at radius 1 is 1.57 bits per heavy atom. The van der Waals surface area contributed by atoms with Crippen LogP contribution >= 0.6 is 0 Å². The fourth-order valence-corrected chi connectivity index (χ4v) is 1.91. The van der Waals surface area contributed by atoms with Crippen molar-refractivity contribution in [3.05, 3.63) is 23.7 Å². The zero-order chi connectivity index (χ0) is 10.3. The highest BCUT2D eigenvalue weighted by Gasteiger charge is 2.37. The first-order valence-corrected chi connectivity index (χ1v) is 4.67. The van der Waals surface area contributed by atoms with Crippen LogP contribution in [0.3, 0.4) is 0 Å². The predicted molar refractivity (Wildman–Crippen MR) is 51.5 cm³/mol. The maximum absolute atomic E-state index is 11.4. The molecule has 0 aliphatic carbocycles. The van der Waals surface area contributed by atoms with Crippen LogP contribution in [0.2, 0.25) is 0 Å². The summed E-state index contributed by atoms with van der Waals surface area (Å²) >= 11 is 0. The van der Waals surface area contributed by atoms with E-state index in [-0.39, 0.29) is 18.0 Å². The molecule has 1 fully saturated rings. The van der Waals surface area contributed by atoms with Gasteiger partial charge in [-0.15, -0.1) is 0 Å². The number of carbonyl (C=O) groups is 1. The zero-order valence-electron chi connectivity index (χ0n) is 8.36. The van der Waals surface area contributed by atoms with E-state index in [0.717, 1.165) is 11.5 Å². The van der Waals surface area contributed by atoms with E-state index in [2.05, 4.69) is 0 Å². The minimum Gasteiger partial charge on any atom is -0.464 e. The average molecular weight is 194 g/mol. The van der Waals surface area contributed by atoms with Crippen LogP contribution in [0.1, 0.15) is 24.0 Å². The molecule has 1 aromatic rings. The molecule has 0 spiro atoms. The van der Waals surface area contributed by atoms with Crippen molar-refractivity contribution in [1.29, 1.82) is 0 Å². The molecule has 4 nitrogen and oxygen atoms in total. The number of hydrogen-bond acceptors (Lipinski definition) is 3. The third kappa shape index (κ3) is 1.32. The molecule has 2 N–H and O–H groups in total. The van der Waals surface area contributed by atoms with Crippen molar-refractivity contribution in [2.45, 2.75) is 25.4 Å². The molecule has 0 saturated carbocycles. The number of likely N-dealkylation sites (N-methyl/N-ethyl adjacent to an activating group) is 1. The van der Waals surface area contributed by atoms with E-state index in [1.807, 2.05) is 19.1 Å². The highest BCUT2D eigenvalue weighted by atomic mass is 16.3. The minimum atomic E-state index is -0.155. The van der Waals surface area contributed by atoms with Gasteiger partial charge in [0.2, 0.25) is 5.91 Å². The molecule has 1 aliphatic rings. The molecular weight excluding hydrogens is 180 g/mol. The summed E-state index contributed by atoms with van der Waals surface area (Å²) in [6, 6.07) is 3.52. The Hall–Kier alpha value is -1.29. The quantitative estimate of drug-likeness (QED) is 0.720. The Balaban J connectivity index is 2.30. The lowest BCUT2D eigenvalue weighted by atomic mass is 10.1. The van der Waals surface area contributed by atoms with Crippen molar-refractivity contribution in [2.75, 3.05) is 7.05 Å². The summed E-state index contributed by atoms with van der Waals surface area (Å²) < 4.78 is 5.48. The monoisotopic (exact) mass is 194 g/mol. The number of carbonyl (C=O) groups excluding carboxylic acids is 1. The molecule has 1 aromatic heterocycles. The van der Waals surface area contributed by atoms with E-state index in [4.69, 9.17) is 10.2 Å². The second-order valence-electron chi connectivity index (χ2n) is 3.77. The van der Waals surface area contributed by atoms with Gasteiger partial charge >= 0.3 is 0 Å². The van der Waals surface area contributed by atoms with Crippen LogP contribution in [0.5, 0.6) is 0 Å². The highest BCUT2D eigenvalue weighted by Crippen LogP contribution is 2.31. The van der Waals surface area contributed by atoms with Crippen molar-refractivity contribution in [1.82, 2.24) is 4.90 Å². The molecule has 0 bridgehead atoms. The van der Waals surface area contributed by atoms with Gasteiger partial charge in [-0.1, -0.05) is 0 Å². The van der Waals surface area contributed by atoms with Gasteiger partial charge in [0.25, 0.3) is 0 Å². The highest BCUT2D eigenvalue weighted by molar-refractivity contribution is 5.79. The standard InChI is InChI=1S/C10H14N2O2/c1-6-3-4-8(14-6)10-7(11)5-9(13)12(10)2/h3-4,7,10H,5,11H2,1-2H3/t7-,10-/m1/s1. The summed E-state index contributed by atoms with van der Waals surface area (Å²) in [5.41, 5.74) is 5.88. The summed E-state index contributed by atoms with van der Waals surface area (Å²) in [6.45, 7) is 1.88. The predicted octanol–water partition coefficient (Wildman–Crippen LogP) is 0.819. The molecule has 4 heteroatoms. The number of furan rings is 1. The van der Waals surface area contributed by atoms with Crippen LogP contribution in [0.4, 0.5) is 0 Å². The maximum Gasteiger partial charge on any atom is 0.224 e. The molecule has 0 aromatic carbocycles. The van der Waals surface area contributed by atoms with Gasteiger partial charge in [0.1, 0.15) is 17.6 Å². The zero-order valence-corrected chi connectivity index (χ0v) is 8.36. The number of hydrogen-bond donors (Lipinski definition) is 1. The lowest BCUT2D eigenvalue weighted by molar-refractivity contribution is -0.127. The van der Waals surface area contributed by atoms with Crippen molar-refractivity contribution in [3.63, 3.8) is 0 Å². The first kappa shape index (κ1) is 9.27. The van der Waals surface area contributed by atoms with E-state index in [0.29, 0.717) is 6.42 Å². The summed E-state index contributed by atoms with van der Waals surface area (Å²) in [7, 11) is 1.76. The molecule has 1 saturated heterocycles. The SMILES string of the molecule is Cc1ccc([C@H]2[C@H](N)CC(=O)N2C)o1. The smallest absolute Gasteiger partial charge is 0.224 e. The molecule has 2 heterocycles. The molecule has 14 heavy (non-hydrogen) atoms. The van der Waals surface area contributed by atoms with Gasteiger partial charge < -0.3 is 15.1 Å². The topological polar surface area (TPSA) is 59.5 Å². The number of aryl methyl sites for hydroxylation is 1. The summed E-state index contributed by atoms with van der Waals surface area (Å²) in [5.74, 6) is 1.71. The van der Waals surface area contributed by atoms with Crippen molar-refractivity contribution in [3.8, 4) is 0 Å². The number of likely N-dealkylation sites (tertiary alicyclic amines) is 1. The Morgan fingerprint density at radius 2 is 2.29 bits per heavy atom. The largest absolute Gasteiger partial charge is 0.464 e. The maximum atomic E-state index is 11.4. The molecule has 1 aliphatic heterocycles. The van der Waals surface area contributed by atoms with Crippen LogP contribution in [0.25, 0.3) is 0 Å². The average Bonchev–Trinajstić information content (AvgIpc) is 2.60. The van der Waals surface area contributed by atoms with Crippen LogP contribution in [-0.4, -0.2) is 23.9 Å².